The Morgan fingerprint density at radius 3 is 2.60 bits per heavy atom. The zero-order valence-electron chi connectivity index (χ0n) is 11.6. The first-order valence-corrected chi connectivity index (χ1v) is 8.93. The summed E-state index contributed by atoms with van der Waals surface area (Å²) in [5, 5.41) is 3.23. The van der Waals surface area contributed by atoms with Crippen LogP contribution in [0.1, 0.15) is 26.7 Å². The second-order valence-electron chi connectivity index (χ2n) is 4.87. The summed E-state index contributed by atoms with van der Waals surface area (Å²) in [7, 11) is -3.39. The van der Waals surface area contributed by atoms with Crippen molar-refractivity contribution in [1.82, 2.24) is 5.32 Å². The maximum Gasteiger partial charge on any atom is 0.232 e. The van der Waals surface area contributed by atoms with Crippen molar-refractivity contribution in [2.75, 3.05) is 17.0 Å². The molecule has 0 unspecified atom stereocenters. The van der Waals surface area contributed by atoms with Crippen LogP contribution < -0.4 is 10.0 Å². The Balaban J connectivity index is 2.43. The van der Waals surface area contributed by atoms with Crippen molar-refractivity contribution in [1.29, 1.82) is 0 Å². The maximum absolute atomic E-state index is 13.1. The minimum absolute atomic E-state index is 0.0573. The molecule has 114 valence electrons. The van der Waals surface area contributed by atoms with E-state index < -0.39 is 15.8 Å². The van der Waals surface area contributed by atoms with Gasteiger partial charge in [0.1, 0.15) is 5.82 Å². The third-order valence-corrected chi connectivity index (χ3v) is 4.57. The fraction of sp³-hybridized carbons (Fsp3) is 0.538. The van der Waals surface area contributed by atoms with Gasteiger partial charge in [-0.15, -0.1) is 0 Å². The van der Waals surface area contributed by atoms with Gasteiger partial charge in [-0.3, -0.25) is 4.72 Å². The summed E-state index contributed by atoms with van der Waals surface area (Å²) in [5.41, 5.74) is 0.360. The van der Waals surface area contributed by atoms with Crippen molar-refractivity contribution in [2.24, 2.45) is 0 Å². The normalized spacial score (nSPS) is 11.8. The second-order valence-corrected chi connectivity index (χ2v) is 7.56. The molecule has 0 aliphatic carbocycles. The molecule has 0 aliphatic heterocycles. The Hall–Kier alpha value is -0.660. The molecule has 4 nitrogen and oxygen atoms in total. The number of sulfonamides is 1. The zero-order valence-corrected chi connectivity index (χ0v) is 14.0. The number of unbranched alkanes of at least 4 members (excludes halogenated alkanes) is 1. The van der Waals surface area contributed by atoms with Gasteiger partial charge >= 0.3 is 0 Å². The number of rotatable bonds is 8. The van der Waals surface area contributed by atoms with E-state index in [1.54, 1.807) is 0 Å². The van der Waals surface area contributed by atoms with Gasteiger partial charge in [0.05, 0.1) is 10.2 Å². The summed E-state index contributed by atoms with van der Waals surface area (Å²) >= 11 is 3.02. The Bertz CT molecular complexity index is 535. The predicted octanol–water partition coefficient (Wildman–Crippen LogP) is 3.11. The van der Waals surface area contributed by atoms with Crippen LogP contribution in [0.3, 0.4) is 0 Å². The molecule has 1 rings (SSSR count). The molecular formula is C13H20BrFN2O2S. The Morgan fingerprint density at radius 2 is 2.00 bits per heavy atom. The van der Waals surface area contributed by atoms with Gasteiger partial charge in [-0.25, -0.2) is 12.8 Å². The third kappa shape index (κ3) is 6.67. The molecule has 0 fully saturated rings. The number of hydrogen-bond donors (Lipinski definition) is 2. The first-order chi connectivity index (χ1) is 9.30. The SMILES string of the molecule is CC(C)NCCCCS(=O)(=O)Nc1ccc(F)c(Br)c1. The highest BCUT2D eigenvalue weighted by atomic mass is 79.9. The van der Waals surface area contributed by atoms with Crippen molar-refractivity contribution in [3.8, 4) is 0 Å². The van der Waals surface area contributed by atoms with E-state index >= 15 is 0 Å². The molecule has 2 N–H and O–H groups in total. The molecule has 20 heavy (non-hydrogen) atoms. The average Bonchev–Trinajstić information content (AvgIpc) is 2.32. The standard InChI is InChI=1S/C13H20BrFN2O2S/c1-10(2)16-7-3-4-8-20(18,19)17-11-5-6-13(15)12(14)9-11/h5-6,9-10,16-17H,3-4,7-8H2,1-2H3. The van der Waals surface area contributed by atoms with Gasteiger partial charge in [0.2, 0.25) is 10.0 Å². The Labute approximate surface area is 128 Å². The van der Waals surface area contributed by atoms with E-state index in [0.717, 1.165) is 13.0 Å². The molecular weight excluding hydrogens is 347 g/mol. The van der Waals surface area contributed by atoms with E-state index in [1.807, 2.05) is 13.8 Å². The molecule has 0 amide bonds. The summed E-state index contributed by atoms with van der Waals surface area (Å²) in [6.07, 6.45) is 1.38. The lowest BCUT2D eigenvalue weighted by atomic mass is 10.3. The lowest BCUT2D eigenvalue weighted by molar-refractivity contribution is 0.561. The molecule has 0 aliphatic rings. The minimum Gasteiger partial charge on any atom is -0.315 e. The quantitative estimate of drug-likeness (QED) is 0.695. The largest absolute Gasteiger partial charge is 0.315 e. The van der Waals surface area contributed by atoms with Crippen LogP contribution in [0.4, 0.5) is 10.1 Å². The first-order valence-electron chi connectivity index (χ1n) is 6.49. The van der Waals surface area contributed by atoms with Crippen molar-refractivity contribution in [3.63, 3.8) is 0 Å². The van der Waals surface area contributed by atoms with Gasteiger partial charge in [-0.2, -0.15) is 0 Å². The monoisotopic (exact) mass is 366 g/mol. The van der Waals surface area contributed by atoms with Crippen LogP contribution in [0.15, 0.2) is 22.7 Å². The Kier molecular flexibility index (Phi) is 6.91. The van der Waals surface area contributed by atoms with Crippen molar-refractivity contribution in [3.05, 3.63) is 28.5 Å². The summed E-state index contributed by atoms with van der Waals surface area (Å²) < 4.78 is 39.4. The van der Waals surface area contributed by atoms with Gasteiger partial charge in [-0.1, -0.05) is 13.8 Å². The Morgan fingerprint density at radius 1 is 1.30 bits per heavy atom. The number of anilines is 1. The van der Waals surface area contributed by atoms with Crippen molar-refractivity contribution < 1.29 is 12.8 Å². The summed E-state index contributed by atoms with van der Waals surface area (Å²) in [6.45, 7) is 4.89. The highest BCUT2D eigenvalue weighted by Crippen LogP contribution is 2.20. The van der Waals surface area contributed by atoms with Gasteiger partial charge in [-0.05, 0) is 53.5 Å². The highest BCUT2D eigenvalue weighted by molar-refractivity contribution is 9.10. The third-order valence-electron chi connectivity index (χ3n) is 2.59. The number of nitrogens with one attached hydrogen (secondary N) is 2. The molecule has 0 bridgehead atoms. The van der Waals surface area contributed by atoms with Crippen molar-refractivity contribution in [2.45, 2.75) is 32.7 Å². The lowest BCUT2D eigenvalue weighted by Gasteiger charge is -2.10. The molecule has 0 heterocycles. The van der Waals surface area contributed by atoms with Crippen LogP contribution in [-0.4, -0.2) is 26.8 Å². The second kappa shape index (κ2) is 7.95. The highest BCUT2D eigenvalue weighted by Gasteiger charge is 2.11. The fourth-order valence-electron chi connectivity index (χ4n) is 1.60. The summed E-state index contributed by atoms with van der Waals surface area (Å²) in [6, 6.07) is 4.43. The number of halogens is 2. The molecule has 0 saturated carbocycles. The molecule has 1 aromatic carbocycles. The zero-order chi connectivity index (χ0) is 15.2. The number of hydrogen-bond acceptors (Lipinski definition) is 3. The van der Waals surface area contributed by atoms with E-state index in [1.165, 1.54) is 18.2 Å². The minimum atomic E-state index is -3.39. The van der Waals surface area contributed by atoms with Crippen LogP contribution in [0.5, 0.6) is 0 Å². The fourth-order valence-corrected chi connectivity index (χ4v) is 3.15. The molecule has 0 spiro atoms. The van der Waals surface area contributed by atoms with Crippen LogP contribution in [0.2, 0.25) is 0 Å². The molecule has 0 aromatic heterocycles. The van der Waals surface area contributed by atoms with E-state index in [2.05, 4.69) is 26.0 Å². The number of benzene rings is 1. The van der Waals surface area contributed by atoms with E-state index in [9.17, 15) is 12.8 Å². The predicted molar refractivity (Wildman–Crippen MR) is 83.9 cm³/mol. The van der Waals surface area contributed by atoms with Crippen LogP contribution in [0.25, 0.3) is 0 Å². The van der Waals surface area contributed by atoms with Gasteiger partial charge in [0, 0.05) is 11.7 Å². The molecule has 1 aromatic rings. The van der Waals surface area contributed by atoms with Crippen molar-refractivity contribution >= 4 is 31.6 Å². The first kappa shape index (κ1) is 17.4. The maximum atomic E-state index is 13.1. The van der Waals surface area contributed by atoms with E-state index in [-0.39, 0.29) is 10.2 Å². The topological polar surface area (TPSA) is 58.2 Å². The van der Waals surface area contributed by atoms with Crippen LogP contribution in [0, 0.1) is 5.82 Å². The van der Waals surface area contributed by atoms with Gasteiger partial charge < -0.3 is 5.32 Å². The smallest absolute Gasteiger partial charge is 0.232 e. The lowest BCUT2D eigenvalue weighted by Crippen LogP contribution is -2.24. The average molecular weight is 367 g/mol. The molecule has 0 atom stereocenters. The van der Waals surface area contributed by atoms with Crippen LogP contribution in [-0.2, 0) is 10.0 Å². The molecule has 0 radical (unpaired) electrons. The summed E-state index contributed by atoms with van der Waals surface area (Å²) in [4.78, 5) is 0. The van der Waals surface area contributed by atoms with E-state index in [0.29, 0.717) is 18.2 Å². The van der Waals surface area contributed by atoms with E-state index in [4.69, 9.17) is 0 Å². The summed E-state index contributed by atoms with van der Waals surface area (Å²) in [5.74, 6) is -0.366. The van der Waals surface area contributed by atoms with Crippen LogP contribution >= 0.6 is 15.9 Å². The van der Waals surface area contributed by atoms with Gasteiger partial charge in [0.15, 0.2) is 0 Å². The molecule has 7 heteroatoms. The molecule has 0 saturated heterocycles. The van der Waals surface area contributed by atoms with Gasteiger partial charge in [0.25, 0.3) is 0 Å².